The van der Waals surface area contributed by atoms with Gasteiger partial charge < -0.3 is 19.3 Å². The number of hydrogen-bond donors (Lipinski definition) is 1. The van der Waals surface area contributed by atoms with E-state index in [2.05, 4.69) is 4.98 Å². The third-order valence-electron chi connectivity index (χ3n) is 2.72. The van der Waals surface area contributed by atoms with Gasteiger partial charge in [0.2, 0.25) is 0 Å². The van der Waals surface area contributed by atoms with E-state index in [1.165, 1.54) is 14.2 Å². The highest BCUT2D eigenvalue weighted by molar-refractivity contribution is 5.90. The zero-order valence-corrected chi connectivity index (χ0v) is 11.9. The summed E-state index contributed by atoms with van der Waals surface area (Å²) in [6, 6.07) is 3.51. The molecule has 6 heteroatoms. The summed E-state index contributed by atoms with van der Waals surface area (Å²) in [5, 5.41) is 8.73. The second kappa shape index (κ2) is 9.28. The monoisotopic (exact) mass is 283 g/mol. The van der Waals surface area contributed by atoms with Gasteiger partial charge in [-0.25, -0.2) is 9.78 Å². The molecule has 0 amide bonds. The van der Waals surface area contributed by atoms with E-state index >= 15 is 0 Å². The average molecular weight is 283 g/mol. The van der Waals surface area contributed by atoms with Gasteiger partial charge in [-0.05, 0) is 31.4 Å². The number of aliphatic hydroxyl groups is 1. The molecule has 112 valence electrons. The van der Waals surface area contributed by atoms with Crippen LogP contribution in [-0.2, 0) is 15.9 Å². The van der Waals surface area contributed by atoms with Gasteiger partial charge in [0.1, 0.15) is 0 Å². The first-order valence-electron chi connectivity index (χ1n) is 6.53. The highest BCUT2D eigenvalue weighted by atomic mass is 16.7. The molecule has 1 aromatic rings. The number of rotatable bonds is 9. The summed E-state index contributed by atoms with van der Waals surface area (Å²) in [5.41, 5.74) is 0.956. The third kappa shape index (κ3) is 5.14. The maximum atomic E-state index is 11.7. The number of aliphatic hydroxyl groups excluding tert-OH is 1. The molecule has 1 N–H and O–H groups in total. The van der Waals surface area contributed by atoms with E-state index in [1.54, 1.807) is 6.07 Å². The molecule has 1 rings (SSSR count). The van der Waals surface area contributed by atoms with Gasteiger partial charge in [0.15, 0.2) is 18.2 Å². The smallest absolute Gasteiger partial charge is 0.360 e. The molecule has 20 heavy (non-hydrogen) atoms. The first-order chi connectivity index (χ1) is 9.72. The molecule has 0 unspecified atom stereocenters. The summed E-state index contributed by atoms with van der Waals surface area (Å²) in [7, 11) is 2.80. The van der Waals surface area contributed by atoms with Crippen LogP contribution >= 0.6 is 0 Å². The van der Waals surface area contributed by atoms with Crippen LogP contribution in [0.4, 0.5) is 0 Å². The second-order valence-electron chi connectivity index (χ2n) is 4.23. The Morgan fingerprint density at radius 1 is 1.25 bits per heavy atom. The molecule has 0 atom stereocenters. The second-order valence-corrected chi connectivity index (χ2v) is 4.23. The van der Waals surface area contributed by atoms with E-state index in [-0.39, 0.29) is 19.1 Å². The quantitative estimate of drug-likeness (QED) is 0.421. The molecule has 0 saturated carbocycles. The van der Waals surface area contributed by atoms with E-state index in [4.69, 9.17) is 19.3 Å². The minimum atomic E-state index is -0.534. The number of ether oxygens (including phenoxy) is 3. The molecular weight excluding hydrogens is 262 g/mol. The first kappa shape index (κ1) is 16.4. The lowest BCUT2D eigenvalue weighted by atomic mass is 10.1. The zero-order chi connectivity index (χ0) is 14.8. The van der Waals surface area contributed by atoms with Crippen molar-refractivity contribution in [1.82, 2.24) is 4.98 Å². The van der Waals surface area contributed by atoms with Crippen LogP contribution in [-0.4, -0.2) is 43.7 Å². The maximum absolute atomic E-state index is 11.7. The van der Waals surface area contributed by atoms with Crippen molar-refractivity contribution in [3.8, 4) is 5.75 Å². The van der Waals surface area contributed by atoms with Crippen molar-refractivity contribution in [2.45, 2.75) is 25.7 Å². The Morgan fingerprint density at radius 2 is 2.05 bits per heavy atom. The Bertz CT molecular complexity index is 422. The third-order valence-corrected chi connectivity index (χ3v) is 2.72. The molecule has 0 spiro atoms. The molecule has 0 saturated heterocycles. The minimum Gasteiger partial charge on any atom is -0.465 e. The average Bonchev–Trinajstić information content (AvgIpc) is 2.49. The fraction of sp³-hybridized carbons (Fsp3) is 0.571. The van der Waals surface area contributed by atoms with E-state index in [0.29, 0.717) is 5.75 Å². The predicted octanol–water partition coefficient (Wildman–Crippen LogP) is 1.56. The number of hydrogen-bond acceptors (Lipinski definition) is 6. The fourth-order valence-electron chi connectivity index (χ4n) is 1.70. The van der Waals surface area contributed by atoms with E-state index in [1.807, 2.05) is 6.07 Å². The summed E-state index contributed by atoms with van der Waals surface area (Å²) >= 11 is 0. The Morgan fingerprint density at radius 3 is 2.70 bits per heavy atom. The van der Waals surface area contributed by atoms with E-state index in [0.717, 1.165) is 31.4 Å². The fourth-order valence-corrected chi connectivity index (χ4v) is 1.70. The number of unbranched alkanes of at least 4 members (excludes halogenated alkanes) is 2. The first-order valence-corrected chi connectivity index (χ1v) is 6.53. The van der Waals surface area contributed by atoms with Gasteiger partial charge in [-0.15, -0.1) is 0 Å². The SMILES string of the molecule is COCOc1ccc(CCCCCO)nc1C(=O)OC. The van der Waals surface area contributed by atoms with Crippen LogP contribution in [0.25, 0.3) is 0 Å². The lowest BCUT2D eigenvalue weighted by Gasteiger charge is -2.10. The number of pyridine rings is 1. The Hall–Kier alpha value is -1.66. The van der Waals surface area contributed by atoms with Crippen molar-refractivity contribution in [2.24, 2.45) is 0 Å². The summed E-state index contributed by atoms with van der Waals surface area (Å²) < 4.78 is 14.8. The molecule has 0 fully saturated rings. The topological polar surface area (TPSA) is 77.9 Å². The van der Waals surface area contributed by atoms with Crippen molar-refractivity contribution < 1.29 is 24.1 Å². The van der Waals surface area contributed by atoms with Crippen LogP contribution in [0.3, 0.4) is 0 Å². The van der Waals surface area contributed by atoms with Crippen LogP contribution in [0.15, 0.2) is 12.1 Å². The van der Waals surface area contributed by atoms with Crippen LogP contribution < -0.4 is 4.74 Å². The van der Waals surface area contributed by atoms with E-state index in [9.17, 15) is 4.79 Å². The molecule has 0 aliphatic rings. The van der Waals surface area contributed by atoms with Gasteiger partial charge >= 0.3 is 5.97 Å². The van der Waals surface area contributed by atoms with Crippen molar-refractivity contribution in [3.63, 3.8) is 0 Å². The standard InChI is InChI=1S/C14H21NO5/c1-18-10-20-12-8-7-11(6-4-3-5-9-16)15-13(12)14(17)19-2/h7-8,16H,3-6,9-10H2,1-2H3. The normalized spacial score (nSPS) is 10.3. The molecule has 6 nitrogen and oxygen atoms in total. The van der Waals surface area contributed by atoms with Crippen molar-refractivity contribution in [2.75, 3.05) is 27.6 Å². The summed E-state index contributed by atoms with van der Waals surface area (Å²) in [6.45, 7) is 0.242. The number of esters is 1. The molecule has 0 bridgehead atoms. The molecular formula is C14H21NO5. The maximum Gasteiger partial charge on any atom is 0.360 e. The van der Waals surface area contributed by atoms with Gasteiger partial charge in [-0.3, -0.25) is 0 Å². The Kier molecular flexibility index (Phi) is 7.60. The predicted molar refractivity (Wildman–Crippen MR) is 72.7 cm³/mol. The largest absolute Gasteiger partial charge is 0.465 e. The van der Waals surface area contributed by atoms with Gasteiger partial charge in [0.25, 0.3) is 0 Å². The van der Waals surface area contributed by atoms with Crippen LogP contribution in [0.1, 0.15) is 35.4 Å². The number of nitrogens with zero attached hydrogens (tertiary/aromatic N) is 1. The summed E-state index contributed by atoms with van der Waals surface area (Å²) in [5.74, 6) is -0.189. The van der Waals surface area contributed by atoms with Crippen LogP contribution in [0.5, 0.6) is 5.75 Å². The number of carbonyl (C=O) groups is 1. The molecule has 0 radical (unpaired) electrons. The molecule has 0 aliphatic carbocycles. The molecule has 1 heterocycles. The summed E-state index contributed by atoms with van der Waals surface area (Å²) in [4.78, 5) is 16.0. The zero-order valence-electron chi connectivity index (χ0n) is 11.9. The van der Waals surface area contributed by atoms with Gasteiger partial charge in [0.05, 0.1) is 7.11 Å². The Labute approximate surface area is 118 Å². The number of methoxy groups -OCH3 is 2. The number of aromatic nitrogens is 1. The van der Waals surface area contributed by atoms with Crippen LogP contribution in [0.2, 0.25) is 0 Å². The molecule has 0 aliphatic heterocycles. The van der Waals surface area contributed by atoms with Gasteiger partial charge in [0, 0.05) is 19.4 Å². The minimum absolute atomic E-state index is 0.0432. The lowest BCUT2D eigenvalue weighted by Crippen LogP contribution is -2.11. The van der Waals surface area contributed by atoms with Crippen molar-refractivity contribution in [3.05, 3.63) is 23.5 Å². The van der Waals surface area contributed by atoms with Gasteiger partial charge in [-0.1, -0.05) is 6.42 Å². The Balaban J connectivity index is 2.76. The van der Waals surface area contributed by atoms with Crippen molar-refractivity contribution in [1.29, 1.82) is 0 Å². The summed E-state index contributed by atoms with van der Waals surface area (Å²) in [6.07, 6.45) is 3.35. The van der Waals surface area contributed by atoms with Gasteiger partial charge in [-0.2, -0.15) is 0 Å². The highest BCUT2D eigenvalue weighted by Gasteiger charge is 2.16. The molecule has 1 aromatic heterocycles. The highest BCUT2D eigenvalue weighted by Crippen LogP contribution is 2.19. The van der Waals surface area contributed by atoms with Crippen molar-refractivity contribution >= 4 is 5.97 Å². The van der Waals surface area contributed by atoms with E-state index < -0.39 is 5.97 Å². The lowest BCUT2D eigenvalue weighted by molar-refractivity contribution is 0.0457. The number of carbonyl (C=O) groups excluding carboxylic acids is 1. The molecule has 0 aromatic carbocycles. The number of aryl methyl sites for hydroxylation is 1. The van der Waals surface area contributed by atoms with Crippen LogP contribution in [0, 0.1) is 0 Å².